The summed E-state index contributed by atoms with van der Waals surface area (Å²) in [7, 11) is 0. The van der Waals surface area contributed by atoms with Crippen LogP contribution in [-0.2, 0) is 6.42 Å². The van der Waals surface area contributed by atoms with E-state index in [9.17, 15) is 14.9 Å². The summed E-state index contributed by atoms with van der Waals surface area (Å²) in [5, 5.41) is 16.2. The van der Waals surface area contributed by atoms with Crippen LogP contribution in [0.25, 0.3) is 10.9 Å². The average Bonchev–Trinajstić information content (AvgIpc) is 2.76. The number of rotatable bonds is 9. The van der Waals surface area contributed by atoms with E-state index in [1.807, 2.05) is 6.07 Å². The summed E-state index contributed by atoms with van der Waals surface area (Å²) in [6.07, 6.45) is 5.23. The first kappa shape index (κ1) is 22.4. The molecule has 0 atom stereocenters. The Balaban J connectivity index is 2.15. The average molecular weight is 485 g/mol. The van der Waals surface area contributed by atoms with Crippen molar-refractivity contribution in [2.24, 2.45) is 5.10 Å². The summed E-state index contributed by atoms with van der Waals surface area (Å²) in [5.74, 6) is 0.590. The molecule has 0 bridgehead atoms. The lowest BCUT2D eigenvalue weighted by atomic mass is 10.2. The maximum absolute atomic E-state index is 13.2. The summed E-state index contributed by atoms with van der Waals surface area (Å²) >= 11 is 3.38. The Bertz CT molecular complexity index is 1220. The highest BCUT2D eigenvalue weighted by Crippen LogP contribution is 2.30. The molecule has 31 heavy (non-hydrogen) atoms. The second kappa shape index (κ2) is 10.1. The van der Waals surface area contributed by atoms with Crippen LogP contribution in [-0.4, -0.2) is 27.4 Å². The lowest BCUT2D eigenvalue weighted by molar-refractivity contribution is -0.385. The number of nitro benzene ring substituents is 1. The van der Waals surface area contributed by atoms with Gasteiger partial charge in [-0.05, 0) is 30.7 Å². The van der Waals surface area contributed by atoms with Crippen molar-refractivity contribution in [1.29, 1.82) is 0 Å². The second-order valence-electron chi connectivity index (χ2n) is 6.71. The van der Waals surface area contributed by atoms with E-state index in [4.69, 9.17) is 4.74 Å². The van der Waals surface area contributed by atoms with Crippen molar-refractivity contribution in [2.45, 2.75) is 26.2 Å². The molecule has 0 N–H and O–H groups in total. The number of aryl methyl sites for hydroxylation is 1. The molecular formula is C22H21BrN4O4. The van der Waals surface area contributed by atoms with Crippen LogP contribution < -0.4 is 10.3 Å². The number of aromatic nitrogens is 2. The molecule has 0 saturated carbocycles. The number of unbranched alkanes of at least 4 members (excludes halogenated alkanes) is 1. The molecule has 0 unspecified atom stereocenters. The van der Waals surface area contributed by atoms with Crippen molar-refractivity contribution in [3.8, 4) is 5.75 Å². The minimum absolute atomic E-state index is 0.0656. The van der Waals surface area contributed by atoms with Gasteiger partial charge in [0, 0.05) is 22.5 Å². The van der Waals surface area contributed by atoms with Crippen molar-refractivity contribution in [3.63, 3.8) is 0 Å². The molecule has 1 heterocycles. The minimum Gasteiger partial charge on any atom is -0.482 e. The predicted molar refractivity (Wildman–Crippen MR) is 124 cm³/mol. The van der Waals surface area contributed by atoms with Crippen molar-refractivity contribution in [3.05, 3.63) is 85.4 Å². The van der Waals surface area contributed by atoms with Gasteiger partial charge in [-0.2, -0.15) is 9.78 Å². The minimum atomic E-state index is -0.524. The van der Waals surface area contributed by atoms with Gasteiger partial charge < -0.3 is 4.74 Å². The monoisotopic (exact) mass is 484 g/mol. The molecule has 2 aromatic carbocycles. The lowest BCUT2D eigenvalue weighted by Gasteiger charge is -2.10. The molecule has 0 fully saturated rings. The number of ether oxygens (including phenoxy) is 1. The van der Waals surface area contributed by atoms with Crippen LogP contribution >= 0.6 is 15.9 Å². The Kier molecular flexibility index (Phi) is 7.30. The standard InChI is InChI=1S/C22H21BrN4O4/c1-3-5-9-20-25-18-11-10-16(23)13-17(18)22(28)26(20)24-14-15-7-6-8-19(27(29)30)21(15)31-12-4-2/h4,6-8,10-11,13-14H,2-3,5,9,12H2,1H3. The summed E-state index contributed by atoms with van der Waals surface area (Å²) < 4.78 is 7.53. The third-order valence-corrected chi connectivity index (χ3v) is 5.00. The fourth-order valence-corrected chi connectivity index (χ4v) is 3.38. The summed E-state index contributed by atoms with van der Waals surface area (Å²) in [6.45, 7) is 5.72. The van der Waals surface area contributed by atoms with Gasteiger partial charge in [-0.15, -0.1) is 0 Å². The largest absolute Gasteiger partial charge is 0.482 e. The van der Waals surface area contributed by atoms with Gasteiger partial charge in [0.2, 0.25) is 5.75 Å². The predicted octanol–water partition coefficient (Wildman–Crippen LogP) is 4.86. The van der Waals surface area contributed by atoms with Gasteiger partial charge in [0.25, 0.3) is 5.56 Å². The van der Waals surface area contributed by atoms with Gasteiger partial charge in [-0.3, -0.25) is 14.9 Å². The number of nitro groups is 1. The zero-order valence-electron chi connectivity index (χ0n) is 17.0. The van der Waals surface area contributed by atoms with E-state index in [1.165, 1.54) is 29.1 Å². The van der Waals surface area contributed by atoms with E-state index in [1.54, 1.807) is 18.2 Å². The number of hydrogen-bond donors (Lipinski definition) is 0. The Hall–Kier alpha value is -3.33. The molecule has 0 saturated heterocycles. The van der Waals surface area contributed by atoms with E-state index in [-0.39, 0.29) is 23.6 Å². The molecule has 1 aromatic heterocycles. The van der Waals surface area contributed by atoms with Crippen LogP contribution in [0.3, 0.4) is 0 Å². The molecule has 0 radical (unpaired) electrons. The first-order valence-corrected chi connectivity index (χ1v) is 10.5. The molecule has 0 amide bonds. The van der Waals surface area contributed by atoms with Crippen molar-refractivity contribution < 1.29 is 9.66 Å². The number of para-hydroxylation sites is 1. The topological polar surface area (TPSA) is 99.6 Å². The third kappa shape index (κ3) is 5.05. The molecule has 3 aromatic rings. The molecular weight excluding hydrogens is 464 g/mol. The first-order chi connectivity index (χ1) is 15.0. The smallest absolute Gasteiger partial charge is 0.311 e. The zero-order valence-corrected chi connectivity index (χ0v) is 18.5. The number of halogens is 1. The van der Waals surface area contributed by atoms with E-state index in [0.29, 0.717) is 28.7 Å². The molecule has 0 spiro atoms. The van der Waals surface area contributed by atoms with E-state index in [0.717, 1.165) is 17.3 Å². The highest BCUT2D eigenvalue weighted by molar-refractivity contribution is 9.10. The summed E-state index contributed by atoms with van der Waals surface area (Å²) in [6, 6.07) is 9.84. The number of hydrogen-bond acceptors (Lipinski definition) is 6. The normalized spacial score (nSPS) is 11.2. The molecule has 0 aliphatic carbocycles. The van der Waals surface area contributed by atoms with Crippen LogP contribution in [0.1, 0.15) is 31.2 Å². The van der Waals surface area contributed by atoms with Gasteiger partial charge in [-0.1, -0.05) is 48.0 Å². The quantitative estimate of drug-likeness (QED) is 0.187. The SMILES string of the molecule is C=CCOc1c(C=Nn2c(CCCC)nc3ccc(Br)cc3c2=O)cccc1[N+](=O)[O-]. The maximum Gasteiger partial charge on any atom is 0.311 e. The van der Waals surface area contributed by atoms with E-state index in [2.05, 4.69) is 39.5 Å². The molecule has 3 rings (SSSR count). The molecule has 160 valence electrons. The maximum atomic E-state index is 13.2. The van der Waals surface area contributed by atoms with Gasteiger partial charge in [0.05, 0.1) is 22.0 Å². The fourth-order valence-electron chi connectivity index (χ4n) is 3.02. The Morgan fingerprint density at radius 3 is 2.87 bits per heavy atom. The lowest BCUT2D eigenvalue weighted by Crippen LogP contribution is -2.22. The molecule has 8 nitrogen and oxygen atoms in total. The van der Waals surface area contributed by atoms with Gasteiger partial charge in [-0.25, -0.2) is 4.98 Å². The summed E-state index contributed by atoms with van der Waals surface area (Å²) in [4.78, 5) is 28.7. The Morgan fingerprint density at radius 1 is 1.35 bits per heavy atom. The first-order valence-electron chi connectivity index (χ1n) is 9.73. The van der Waals surface area contributed by atoms with Gasteiger partial charge in [0.1, 0.15) is 12.4 Å². The highest BCUT2D eigenvalue weighted by Gasteiger charge is 2.18. The Morgan fingerprint density at radius 2 is 2.16 bits per heavy atom. The highest BCUT2D eigenvalue weighted by atomic mass is 79.9. The van der Waals surface area contributed by atoms with E-state index >= 15 is 0 Å². The number of benzene rings is 2. The zero-order chi connectivity index (χ0) is 22.4. The van der Waals surface area contributed by atoms with Crippen LogP contribution in [0.15, 0.2) is 63.4 Å². The van der Waals surface area contributed by atoms with E-state index < -0.39 is 4.92 Å². The number of fused-ring (bicyclic) bond motifs is 1. The van der Waals surface area contributed by atoms with Gasteiger partial charge >= 0.3 is 5.69 Å². The summed E-state index contributed by atoms with van der Waals surface area (Å²) in [5.41, 5.74) is 0.465. The second-order valence-corrected chi connectivity index (χ2v) is 7.62. The molecule has 0 aliphatic rings. The molecule has 0 aliphatic heterocycles. The fraction of sp³-hybridized carbons (Fsp3) is 0.227. The van der Waals surface area contributed by atoms with Gasteiger partial charge in [0.15, 0.2) is 0 Å². The van der Waals surface area contributed by atoms with Crippen LogP contribution in [0, 0.1) is 10.1 Å². The van der Waals surface area contributed by atoms with Crippen LogP contribution in [0.2, 0.25) is 0 Å². The van der Waals surface area contributed by atoms with Crippen LogP contribution in [0.5, 0.6) is 5.75 Å². The Labute approximate surface area is 187 Å². The third-order valence-electron chi connectivity index (χ3n) is 4.51. The van der Waals surface area contributed by atoms with Crippen molar-refractivity contribution >= 4 is 38.7 Å². The number of nitrogens with zero attached hydrogens (tertiary/aromatic N) is 4. The van der Waals surface area contributed by atoms with Crippen molar-refractivity contribution in [1.82, 2.24) is 9.66 Å². The van der Waals surface area contributed by atoms with Crippen LogP contribution in [0.4, 0.5) is 5.69 Å². The van der Waals surface area contributed by atoms with Crippen molar-refractivity contribution in [2.75, 3.05) is 6.61 Å². The molecule has 9 heteroatoms.